The molecule has 0 aromatic carbocycles. The van der Waals surface area contributed by atoms with E-state index in [4.69, 9.17) is 6.42 Å². The Morgan fingerprint density at radius 2 is 1.44 bits per heavy atom. The van der Waals surface area contributed by atoms with Crippen LogP contribution in [-0.2, 0) is 28.6 Å². The molecular formula is C10H18O6S2. The maximum atomic E-state index is 11.2. The third-order valence-electron chi connectivity index (χ3n) is 2.11. The van der Waals surface area contributed by atoms with Crippen molar-refractivity contribution in [3.63, 3.8) is 0 Å². The molecule has 106 valence electrons. The van der Waals surface area contributed by atoms with Gasteiger partial charge < -0.3 is 0 Å². The summed E-state index contributed by atoms with van der Waals surface area (Å²) in [5.41, 5.74) is 0. The normalized spacial score (nSPS) is 12.2. The molecular weight excluding hydrogens is 280 g/mol. The average molecular weight is 298 g/mol. The topological polar surface area (TPSA) is 86.7 Å². The molecule has 0 bridgehead atoms. The van der Waals surface area contributed by atoms with Gasteiger partial charge in [0.25, 0.3) is 20.2 Å². The zero-order valence-corrected chi connectivity index (χ0v) is 11.9. The van der Waals surface area contributed by atoms with Gasteiger partial charge in [-0.2, -0.15) is 16.8 Å². The number of unbranched alkanes of at least 4 members (excludes halogenated alkanes) is 3. The molecule has 0 atom stereocenters. The lowest BCUT2D eigenvalue weighted by Crippen LogP contribution is -2.11. The molecule has 18 heavy (non-hydrogen) atoms. The molecule has 0 N–H and O–H groups in total. The molecule has 0 heterocycles. The Morgan fingerprint density at radius 3 is 1.89 bits per heavy atom. The fourth-order valence-electron chi connectivity index (χ4n) is 1.18. The van der Waals surface area contributed by atoms with Crippen LogP contribution in [-0.4, -0.2) is 42.1 Å². The predicted octanol–water partition coefficient (Wildman–Crippen LogP) is 0.503. The third-order valence-corrected chi connectivity index (χ3v) is 4.68. The molecule has 0 spiro atoms. The Hall–Kier alpha value is -0.620. The van der Waals surface area contributed by atoms with Crippen molar-refractivity contribution in [3.05, 3.63) is 0 Å². The molecule has 0 amide bonds. The van der Waals surface area contributed by atoms with Gasteiger partial charge >= 0.3 is 0 Å². The fourth-order valence-corrected chi connectivity index (χ4v) is 2.82. The quantitative estimate of drug-likeness (QED) is 0.332. The lowest BCUT2D eigenvalue weighted by Gasteiger charge is -2.03. The van der Waals surface area contributed by atoms with Gasteiger partial charge in [0.1, 0.15) is 6.61 Å². The smallest absolute Gasteiger partial charge is 0.268 e. The summed E-state index contributed by atoms with van der Waals surface area (Å²) in [6, 6.07) is 0. The van der Waals surface area contributed by atoms with Crippen LogP contribution in [0.3, 0.4) is 0 Å². The van der Waals surface area contributed by atoms with Gasteiger partial charge in [-0.15, -0.1) is 6.42 Å². The minimum atomic E-state index is -3.55. The van der Waals surface area contributed by atoms with E-state index in [1.54, 1.807) is 0 Å². The Labute approximate surface area is 109 Å². The van der Waals surface area contributed by atoms with E-state index in [2.05, 4.69) is 14.3 Å². The van der Waals surface area contributed by atoms with Crippen molar-refractivity contribution in [1.82, 2.24) is 0 Å². The van der Waals surface area contributed by atoms with Crippen molar-refractivity contribution < 1.29 is 25.2 Å². The second-order valence-electron chi connectivity index (χ2n) is 3.57. The highest BCUT2D eigenvalue weighted by Crippen LogP contribution is 2.06. The van der Waals surface area contributed by atoms with E-state index in [0.29, 0.717) is 25.7 Å². The van der Waals surface area contributed by atoms with Gasteiger partial charge in [0, 0.05) is 0 Å². The second kappa shape index (κ2) is 8.48. The standard InChI is InChI=1S/C10H18O6S2/c1-3-8-16-18(13,14)10-7-5-4-6-9-17(11,12)15-2/h1H,4-10H2,2H3. The van der Waals surface area contributed by atoms with Gasteiger partial charge in [-0.3, -0.25) is 8.37 Å². The van der Waals surface area contributed by atoms with Crippen LogP contribution in [0.15, 0.2) is 0 Å². The zero-order valence-electron chi connectivity index (χ0n) is 10.3. The molecule has 0 unspecified atom stereocenters. The first-order valence-electron chi connectivity index (χ1n) is 5.42. The lowest BCUT2D eigenvalue weighted by molar-refractivity contribution is 0.362. The summed E-state index contributed by atoms with van der Waals surface area (Å²) in [6.07, 6.45) is 6.97. The Balaban J connectivity index is 3.67. The monoisotopic (exact) mass is 298 g/mol. The van der Waals surface area contributed by atoms with Crippen molar-refractivity contribution in [2.45, 2.75) is 25.7 Å². The van der Waals surface area contributed by atoms with E-state index in [0.717, 1.165) is 7.11 Å². The second-order valence-corrected chi connectivity index (χ2v) is 7.19. The van der Waals surface area contributed by atoms with Crippen LogP contribution in [0.2, 0.25) is 0 Å². The minimum Gasteiger partial charge on any atom is -0.273 e. The largest absolute Gasteiger partial charge is 0.273 e. The van der Waals surface area contributed by atoms with Gasteiger partial charge in [0.2, 0.25) is 0 Å². The molecule has 0 aromatic rings. The fraction of sp³-hybridized carbons (Fsp3) is 0.800. The van der Waals surface area contributed by atoms with Crippen LogP contribution in [0.5, 0.6) is 0 Å². The Kier molecular flexibility index (Phi) is 8.18. The summed E-state index contributed by atoms with van der Waals surface area (Å²) < 4.78 is 53.1. The van der Waals surface area contributed by atoms with Crippen molar-refractivity contribution in [1.29, 1.82) is 0 Å². The SMILES string of the molecule is C#CCOS(=O)(=O)CCCCCCS(=O)(=O)OC. The van der Waals surface area contributed by atoms with E-state index in [-0.39, 0.29) is 18.1 Å². The van der Waals surface area contributed by atoms with Gasteiger partial charge in [0.15, 0.2) is 0 Å². The van der Waals surface area contributed by atoms with E-state index in [1.807, 2.05) is 0 Å². The van der Waals surface area contributed by atoms with Gasteiger partial charge in [-0.1, -0.05) is 18.8 Å². The summed E-state index contributed by atoms with van der Waals surface area (Å²) in [4.78, 5) is 0. The first-order valence-corrected chi connectivity index (χ1v) is 8.57. The van der Waals surface area contributed by atoms with E-state index >= 15 is 0 Å². The molecule has 6 nitrogen and oxygen atoms in total. The van der Waals surface area contributed by atoms with Crippen molar-refractivity contribution in [2.24, 2.45) is 0 Å². The van der Waals surface area contributed by atoms with Crippen molar-refractivity contribution >= 4 is 20.2 Å². The van der Waals surface area contributed by atoms with Crippen LogP contribution in [0.1, 0.15) is 25.7 Å². The number of rotatable bonds is 10. The Bertz CT molecular complexity index is 457. The first-order chi connectivity index (χ1) is 8.33. The molecule has 0 rings (SSSR count). The minimum absolute atomic E-state index is 0.0517. The van der Waals surface area contributed by atoms with Gasteiger partial charge in [-0.05, 0) is 12.8 Å². The summed E-state index contributed by atoms with van der Waals surface area (Å²) in [7, 11) is -5.85. The van der Waals surface area contributed by atoms with Crippen LogP contribution < -0.4 is 0 Å². The van der Waals surface area contributed by atoms with Gasteiger partial charge in [-0.25, -0.2) is 0 Å². The third kappa shape index (κ3) is 9.41. The lowest BCUT2D eigenvalue weighted by atomic mass is 10.2. The molecule has 0 aliphatic carbocycles. The maximum Gasteiger partial charge on any atom is 0.268 e. The van der Waals surface area contributed by atoms with Crippen LogP contribution >= 0.6 is 0 Å². The van der Waals surface area contributed by atoms with Crippen LogP contribution in [0.25, 0.3) is 0 Å². The molecule has 0 aromatic heterocycles. The highest BCUT2D eigenvalue weighted by atomic mass is 32.2. The molecule has 0 saturated heterocycles. The molecule has 0 radical (unpaired) electrons. The molecule has 0 saturated carbocycles. The Morgan fingerprint density at radius 1 is 0.944 bits per heavy atom. The maximum absolute atomic E-state index is 11.2. The van der Waals surface area contributed by atoms with Crippen molar-refractivity contribution in [2.75, 3.05) is 25.2 Å². The van der Waals surface area contributed by atoms with Crippen LogP contribution in [0.4, 0.5) is 0 Å². The zero-order chi connectivity index (χ0) is 14.1. The van der Waals surface area contributed by atoms with E-state index < -0.39 is 20.2 Å². The summed E-state index contributed by atoms with van der Waals surface area (Å²) in [6.45, 7) is -0.256. The highest BCUT2D eigenvalue weighted by molar-refractivity contribution is 7.86. The number of hydrogen-bond donors (Lipinski definition) is 0. The van der Waals surface area contributed by atoms with Crippen molar-refractivity contribution in [3.8, 4) is 12.3 Å². The predicted molar refractivity (Wildman–Crippen MR) is 67.8 cm³/mol. The molecule has 0 aliphatic heterocycles. The van der Waals surface area contributed by atoms with E-state index in [9.17, 15) is 16.8 Å². The summed E-state index contributed by atoms with van der Waals surface area (Å²) >= 11 is 0. The summed E-state index contributed by atoms with van der Waals surface area (Å²) in [5.74, 6) is 1.92. The molecule has 8 heteroatoms. The van der Waals surface area contributed by atoms with Crippen LogP contribution in [0, 0.1) is 12.3 Å². The first kappa shape index (κ1) is 17.4. The number of hydrogen-bond acceptors (Lipinski definition) is 6. The molecule has 0 fully saturated rings. The van der Waals surface area contributed by atoms with Gasteiger partial charge in [0.05, 0.1) is 18.6 Å². The highest BCUT2D eigenvalue weighted by Gasteiger charge is 2.10. The van der Waals surface area contributed by atoms with E-state index in [1.165, 1.54) is 0 Å². The number of terminal acetylenes is 1. The summed E-state index contributed by atoms with van der Waals surface area (Å²) in [5, 5.41) is 0. The average Bonchev–Trinajstić information content (AvgIpc) is 2.31. The molecule has 0 aliphatic rings.